The number of primary amides is 2. The average Bonchev–Trinajstić information content (AvgIpc) is 3.74. The van der Waals surface area contributed by atoms with Crippen molar-refractivity contribution in [2.45, 2.75) is 19.5 Å². The molecule has 1 aromatic carbocycles. The zero-order valence-electron chi connectivity index (χ0n) is 29.9. The van der Waals surface area contributed by atoms with Crippen LogP contribution >= 0.6 is 0 Å². The molecule has 1 aliphatic rings. The predicted octanol–water partition coefficient (Wildman–Crippen LogP) is 1.42. The number of nitrogens with two attached hydrogens (primary N) is 2. The number of carbonyl (C=O) groups is 4. The smallest absolute Gasteiger partial charge is 0.295 e. The molecule has 56 heavy (non-hydrogen) atoms. The number of rotatable bonds is 15. The number of anilines is 2. The maximum absolute atomic E-state index is 13.3. The monoisotopic (exact) mass is 760 g/mol. The van der Waals surface area contributed by atoms with Crippen molar-refractivity contribution in [2.24, 2.45) is 11.5 Å². The molecule has 5 aromatic heterocycles. The third kappa shape index (κ3) is 8.45. The summed E-state index contributed by atoms with van der Waals surface area (Å²) in [5.74, 6) is -2.13. The van der Waals surface area contributed by atoms with Crippen molar-refractivity contribution >= 4 is 57.7 Å². The Balaban J connectivity index is 1.20. The Kier molecular flexibility index (Phi) is 11.2. The molecule has 7 rings (SSSR count). The lowest BCUT2D eigenvalue weighted by Crippen LogP contribution is -2.37. The summed E-state index contributed by atoms with van der Waals surface area (Å²) in [6.45, 7) is 4.45. The Bertz CT molecular complexity index is 2430. The minimum absolute atomic E-state index is 0.0754. The van der Waals surface area contributed by atoms with Gasteiger partial charge in [0.25, 0.3) is 11.8 Å². The van der Waals surface area contributed by atoms with E-state index in [9.17, 15) is 19.2 Å². The van der Waals surface area contributed by atoms with Crippen LogP contribution in [0.4, 0.5) is 11.9 Å². The van der Waals surface area contributed by atoms with Gasteiger partial charge in [-0.05, 0) is 36.8 Å². The van der Waals surface area contributed by atoms with Crippen LogP contribution in [0.1, 0.15) is 48.4 Å². The highest BCUT2D eigenvalue weighted by Crippen LogP contribution is 2.31. The highest BCUT2D eigenvalue weighted by Gasteiger charge is 2.22. The number of benzene rings is 1. The number of imidazole rings is 2. The molecule has 1 aliphatic heterocycles. The summed E-state index contributed by atoms with van der Waals surface area (Å²) in [5, 5.41) is 5.50. The first-order valence-corrected chi connectivity index (χ1v) is 17.5. The molecule has 6 heterocycles. The van der Waals surface area contributed by atoms with E-state index in [0.29, 0.717) is 54.2 Å². The molecular formula is C36H36N14O6. The van der Waals surface area contributed by atoms with Crippen LogP contribution in [0, 0.1) is 0 Å². The Morgan fingerprint density at radius 1 is 0.750 bits per heavy atom. The van der Waals surface area contributed by atoms with Crippen molar-refractivity contribution in [3.8, 4) is 5.75 Å². The maximum atomic E-state index is 13.3. The van der Waals surface area contributed by atoms with E-state index in [4.69, 9.17) is 20.9 Å². The number of pyridine rings is 1. The van der Waals surface area contributed by atoms with E-state index in [0.717, 1.165) is 19.6 Å². The Hall–Kier alpha value is -7.19. The van der Waals surface area contributed by atoms with E-state index in [-0.39, 0.29) is 47.8 Å². The molecule has 0 saturated carbocycles. The number of fused-ring (bicyclic) bond motifs is 2. The maximum Gasteiger partial charge on any atom is 0.295 e. The summed E-state index contributed by atoms with van der Waals surface area (Å²) >= 11 is 0. The second kappa shape index (κ2) is 16.9. The summed E-state index contributed by atoms with van der Waals surface area (Å²) in [5.41, 5.74) is 13.0. The summed E-state index contributed by atoms with van der Waals surface area (Å²) in [7, 11) is 0. The zero-order chi connectivity index (χ0) is 39.0. The van der Waals surface area contributed by atoms with Gasteiger partial charge in [0.1, 0.15) is 16.8 Å². The van der Waals surface area contributed by atoms with Crippen molar-refractivity contribution < 1.29 is 28.7 Å². The molecule has 0 atom stereocenters. The SMILES string of the molecule is NC(=O)c1cnc2c(c1)nc(NC(=O)c1ncccn1)n2CC=CCn1c(NC(=O)c2ncccn2)nc2cc(C(N)=O)cc(OCCCN3CCOCC3)c21. The molecule has 0 spiro atoms. The lowest BCUT2D eigenvalue weighted by Gasteiger charge is -2.26. The van der Waals surface area contributed by atoms with Crippen LogP contribution < -0.4 is 26.8 Å². The van der Waals surface area contributed by atoms with E-state index in [2.05, 4.69) is 50.4 Å². The first kappa shape index (κ1) is 37.1. The molecule has 0 unspecified atom stereocenters. The van der Waals surface area contributed by atoms with Gasteiger partial charge in [-0.15, -0.1) is 0 Å². The largest absolute Gasteiger partial charge is 0.491 e. The minimum atomic E-state index is -0.685. The topological polar surface area (TPSA) is 266 Å². The van der Waals surface area contributed by atoms with E-state index >= 15 is 0 Å². The first-order chi connectivity index (χ1) is 27.2. The highest BCUT2D eigenvalue weighted by atomic mass is 16.5. The summed E-state index contributed by atoms with van der Waals surface area (Å²) < 4.78 is 15.1. The average molecular weight is 761 g/mol. The van der Waals surface area contributed by atoms with E-state index < -0.39 is 23.6 Å². The van der Waals surface area contributed by atoms with Gasteiger partial charge in [-0.2, -0.15) is 0 Å². The van der Waals surface area contributed by atoms with Crippen LogP contribution in [-0.2, 0) is 17.8 Å². The number of ether oxygens (including phenoxy) is 2. The summed E-state index contributed by atoms with van der Waals surface area (Å²) in [6.07, 6.45) is 11.4. The van der Waals surface area contributed by atoms with Crippen LogP contribution in [0.5, 0.6) is 5.75 Å². The first-order valence-electron chi connectivity index (χ1n) is 17.5. The number of nitrogens with one attached hydrogen (secondary N) is 2. The molecule has 0 radical (unpaired) electrons. The van der Waals surface area contributed by atoms with Gasteiger partial charge in [0.15, 0.2) is 5.65 Å². The van der Waals surface area contributed by atoms with Crippen LogP contribution in [0.25, 0.3) is 22.2 Å². The van der Waals surface area contributed by atoms with E-state index in [1.54, 1.807) is 39.5 Å². The van der Waals surface area contributed by atoms with Crippen LogP contribution in [-0.4, -0.2) is 112 Å². The minimum Gasteiger partial charge on any atom is -0.491 e. The third-order valence-electron chi connectivity index (χ3n) is 8.67. The van der Waals surface area contributed by atoms with Crippen molar-refractivity contribution in [1.82, 2.24) is 48.9 Å². The van der Waals surface area contributed by atoms with Gasteiger partial charge in [-0.3, -0.25) is 39.3 Å². The molecule has 4 amide bonds. The molecule has 6 N–H and O–H groups in total. The van der Waals surface area contributed by atoms with Crippen molar-refractivity contribution in [1.29, 1.82) is 0 Å². The van der Waals surface area contributed by atoms with Gasteiger partial charge >= 0.3 is 0 Å². The second-order valence-electron chi connectivity index (χ2n) is 12.4. The van der Waals surface area contributed by atoms with Crippen molar-refractivity contribution in [2.75, 3.05) is 50.1 Å². The second-order valence-corrected chi connectivity index (χ2v) is 12.4. The molecule has 6 aromatic rings. The number of hydrogen-bond donors (Lipinski definition) is 4. The third-order valence-corrected chi connectivity index (χ3v) is 8.67. The quantitative estimate of drug-likeness (QED) is 0.0852. The van der Waals surface area contributed by atoms with E-state index in [1.807, 2.05) is 0 Å². The van der Waals surface area contributed by atoms with Crippen LogP contribution in [0.15, 0.2) is 73.5 Å². The number of nitrogens with zero attached hydrogens (tertiary/aromatic N) is 10. The Labute approximate surface area is 318 Å². The fraction of sp³-hybridized carbons (Fsp3) is 0.250. The number of amides is 4. The fourth-order valence-electron chi connectivity index (χ4n) is 5.97. The molecular weight excluding hydrogens is 724 g/mol. The molecule has 1 saturated heterocycles. The van der Waals surface area contributed by atoms with Gasteiger partial charge in [0, 0.05) is 69.3 Å². The van der Waals surface area contributed by atoms with Crippen molar-refractivity contribution in [3.05, 3.63) is 96.2 Å². The normalized spacial score (nSPS) is 13.3. The lowest BCUT2D eigenvalue weighted by molar-refractivity contribution is 0.0358. The zero-order valence-corrected chi connectivity index (χ0v) is 29.9. The van der Waals surface area contributed by atoms with Crippen LogP contribution in [0.3, 0.4) is 0 Å². The molecule has 1 fully saturated rings. The Morgan fingerprint density at radius 2 is 1.32 bits per heavy atom. The van der Waals surface area contributed by atoms with Crippen molar-refractivity contribution in [3.63, 3.8) is 0 Å². The number of aromatic nitrogens is 9. The van der Waals surface area contributed by atoms with Gasteiger partial charge in [-0.1, -0.05) is 12.2 Å². The number of hydrogen-bond acceptors (Lipinski definition) is 14. The fourth-order valence-corrected chi connectivity index (χ4v) is 5.97. The standard InChI is InChI=1S/C36H36N14O6/c37-28(51)22-18-24-27(26(20-22)56-15-5-10-48-13-16-55-17-14-48)49(35(44-24)46-33(53)30-39-6-3-7-40-30)11-1-2-12-50-32-25(19-23(21-43-32)29(38)52)45-36(50)47-34(54)31-41-8-4-9-42-31/h1-4,6-9,18-21H,5,10-17H2,(H2,37,51)(H2,38,52)(H,44,46,53)(H,45,47,54). The van der Waals surface area contributed by atoms with Gasteiger partial charge in [-0.25, -0.2) is 34.9 Å². The number of morpholine rings is 1. The predicted molar refractivity (Wildman–Crippen MR) is 201 cm³/mol. The Morgan fingerprint density at radius 3 is 1.95 bits per heavy atom. The molecule has 286 valence electrons. The molecule has 20 heteroatoms. The number of allylic oxidation sites excluding steroid dienone is 2. The molecule has 0 aliphatic carbocycles. The number of carbonyl (C=O) groups excluding carboxylic acids is 4. The van der Waals surface area contributed by atoms with E-state index in [1.165, 1.54) is 43.1 Å². The van der Waals surface area contributed by atoms with Gasteiger partial charge in [0.05, 0.1) is 30.9 Å². The van der Waals surface area contributed by atoms with Crippen LogP contribution in [0.2, 0.25) is 0 Å². The highest BCUT2D eigenvalue weighted by molar-refractivity contribution is 6.03. The molecule has 0 bridgehead atoms. The molecule has 20 nitrogen and oxygen atoms in total. The van der Waals surface area contributed by atoms with Gasteiger partial charge < -0.3 is 25.5 Å². The summed E-state index contributed by atoms with van der Waals surface area (Å²) in [4.78, 5) is 82.5. The lowest BCUT2D eigenvalue weighted by atomic mass is 10.1. The van der Waals surface area contributed by atoms with Gasteiger partial charge in [0.2, 0.25) is 35.4 Å². The summed E-state index contributed by atoms with van der Waals surface area (Å²) in [6, 6.07) is 7.74.